The van der Waals surface area contributed by atoms with E-state index in [-0.39, 0.29) is 23.1 Å². The zero-order valence-electron chi connectivity index (χ0n) is 12.1. The minimum absolute atomic E-state index is 0.0635. The molecule has 6 heteroatoms. The fraction of sp³-hybridized carbons (Fsp3) is 0.176. The standard InChI is InChI=1S/C17H14ClFN2O2/c18-14-8-7-11(9-13(14)17(23)20-10-5-6-10)21-16(22)12-3-1-2-4-15(12)19/h1-4,7-10H,5-6H2,(H,20,23)(H,21,22). The van der Waals surface area contributed by atoms with Crippen LogP contribution < -0.4 is 10.6 Å². The first-order valence-electron chi connectivity index (χ1n) is 7.21. The van der Waals surface area contributed by atoms with E-state index < -0.39 is 11.7 Å². The molecule has 0 aliphatic heterocycles. The molecule has 0 unspecified atom stereocenters. The fourth-order valence-corrected chi connectivity index (χ4v) is 2.32. The summed E-state index contributed by atoms with van der Waals surface area (Å²) in [6, 6.07) is 10.5. The normalized spacial score (nSPS) is 13.5. The Balaban J connectivity index is 1.79. The highest BCUT2D eigenvalue weighted by molar-refractivity contribution is 6.34. The van der Waals surface area contributed by atoms with Gasteiger partial charge in [-0.2, -0.15) is 0 Å². The monoisotopic (exact) mass is 332 g/mol. The fourth-order valence-electron chi connectivity index (χ4n) is 2.11. The Labute approximate surface area is 137 Å². The van der Waals surface area contributed by atoms with Crippen LogP contribution in [0.25, 0.3) is 0 Å². The second-order valence-electron chi connectivity index (χ2n) is 5.38. The van der Waals surface area contributed by atoms with Crippen molar-refractivity contribution in [2.24, 2.45) is 0 Å². The maximum atomic E-state index is 13.6. The summed E-state index contributed by atoms with van der Waals surface area (Å²) in [5.41, 5.74) is 0.597. The SMILES string of the molecule is O=C(Nc1ccc(Cl)c(C(=O)NC2CC2)c1)c1ccccc1F. The van der Waals surface area contributed by atoms with E-state index in [1.54, 1.807) is 12.1 Å². The first-order chi connectivity index (χ1) is 11.0. The molecule has 1 aliphatic carbocycles. The van der Waals surface area contributed by atoms with Gasteiger partial charge in [-0.15, -0.1) is 0 Å². The average Bonchev–Trinajstić information content (AvgIpc) is 3.33. The maximum absolute atomic E-state index is 13.6. The van der Waals surface area contributed by atoms with Crippen molar-refractivity contribution in [2.75, 3.05) is 5.32 Å². The van der Waals surface area contributed by atoms with E-state index in [1.165, 1.54) is 30.3 Å². The highest BCUT2D eigenvalue weighted by Crippen LogP contribution is 2.24. The van der Waals surface area contributed by atoms with Gasteiger partial charge >= 0.3 is 0 Å². The quantitative estimate of drug-likeness (QED) is 0.898. The van der Waals surface area contributed by atoms with Gasteiger partial charge in [0.15, 0.2) is 0 Å². The molecule has 0 spiro atoms. The van der Waals surface area contributed by atoms with Gasteiger partial charge in [-0.25, -0.2) is 4.39 Å². The van der Waals surface area contributed by atoms with Crippen LogP contribution in [0, 0.1) is 5.82 Å². The van der Waals surface area contributed by atoms with Gasteiger partial charge in [0.1, 0.15) is 5.82 Å². The zero-order chi connectivity index (χ0) is 16.4. The van der Waals surface area contributed by atoms with Crippen molar-refractivity contribution in [3.05, 3.63) is 64.4 Å². The largest absolute Gasteiger partial charge is 0.349 e. The Bertz CT molecular complexity index is 775. The summed E-state index contributed by atoms with van der Waals surface area (Å²) in [7, 11) is 0. The van der Waals surface area contributed by atoms with Gasteiger partial charge < -0.3 is 10.6 Å². The number of anilines is 1. The molecule has 3 rings (SSSR count). The Morgan fingerprint density at radius 1 is 1.04 bits per heavy atom. The van der Waals surface area contributed by atoms with Crippen LogP contribution in [0.3, 0.4) is 0 Å². The summed E-state index contributed by atoms with van der Waals surface area (Å²) in [6.45, 7) is 0. The van der Waals surface area contributed by atoms with E-state index in [0.29, 0.717) is 10.7 Å². The molecule has 0 atom stereocenters. The van der Waals surface area contributed by atoms with Crippen LogP contribution in [0.4, 0.5) is 10.1 Å². The molecule has 1 saturated carbocycles. The molecule has 2 N–H and O–H groups in total. The first-order valence-corrected chi connectivity index (χ1v) is 7.58. The molecule has 23 heavy (non-hydrogen) atoms. The number of hydrogen-bond donors (Lipinski definition) is 2. The van der Waals surface area contributed by atoms with E-state index in [9.17, 15) is 14.0 Å². The number of nitrogens with one attached hydrogen (secondary N) is 2. The van der Waals surface area contributed by atoms with Gasteiger partial charge in [-0.1, -0.05) is 23.7 Å². The molecule has 0 radical (unpaired) electrons. The lowest BCUT2D eigenvalue weighted by atomic mass is 10.1. The van der Waals surface area contributed by atoms with Gasteiger partial charge in [-0.05, 0) is 43.2 Å². The summed E-state index contributed by atoms with van der Waals surface area (Å²) < 4.78 is 13.6. The van der Waals surface area contributed by atoms with Crippen molar-refractivity contribution >= 4 is 29.1 Å². The molecule has 2 amide bonds. The van der Waals surface area contributed by atoms with Gasteiger partial charge in [0.25, 0.3) is 11.8 Å². The molecule has 0 aromatic heterocycles. The molecule has 2 aromatic rings. The van der Waals surface area contributed by atoms with E-state index >= 15 is 0 Å². The number of halogens is 2. The van der Waals surface area contributed by atoms with Crippen molar-refractivity contribution < 1.29 is 14.0 Å². The van der Waals surface area contributed by atoms with Crippen LogP contribution in [-0.4, -0.2) is 17.9 Å². The Morgan fingerprint density at radius 2 is 1.78 bits per heavy atom. The average molecular weight is 333 g/mol. The molecular formula is C17H14ClFN2O2. The molecular weight excluding hydrogens is 319 g/mol. The molecule has 1 fully saturated rings. The summed E-state index contributed by atoms with van der Waals surface area (Å²) in [6.07, 6.45) is 1.93. The highest BCUT2D eigenvalue weighted by Gasteiger charge is 2.25. The molecule has 4 nitrogen and oxygen atoms in total. The number of rotatable bonds is 4. The lowest BCUT2D eigenvalue weighted by Crippen LogP contribution is -2.25. The van der Waals surface area contributed by atoms with Gasteiger partial charge in [0.05, 0.1) is 16.1 Å². The minimum atomic E-state index is -0.606. The van der Waals surface area contributed by atoms with Crippen LogP contribution >= 0.6 is 11.6 Å². The summed E-state index contributed by atoms with van der Waals surface area (Å²) in [5.74, 6) is -1.47. The van der Waals surface area contributed by atoms with E-state index in [1.807, 2.05) is 0 Å². The Hall–Kier alpha value is -2.40. The van der Waals surface area contributed by atoms with E-state index in [2.05, 4.69) is 10.6 Å². The second kappa shape index (κ2) is 6.38. The molecule has 0 bridgehead atoms. The number of carbonyl (C=O) groups is 2. The van der Waals surface area contributed by atoms with Gasteiger partial charge in [0, 0.05) is 11.7 Å². The molecule has 118 valence electrons. The molecule has 0 saturated heterocycles. The lowest BCUT2D eigenvalue weighted by Gasteiger charge is -2.10. The van der Waals surface area contributed by atoms with Crippen LogP contribution in [-0.2, 0) is 0 Å². The topological polar surface area (TPSA) is 58.2 Å². The van der Waals surface area contributed by atoms with Gasteiger partial charge in [-0.3, -0.25) is 9.59 Å². The van der Waals surface area contributed by atoms with Gasteiger partial charge in [0.2, 0.25) is 0 Å². The third-order valence-corrected chi connectivity index (χ3v) is 3.83. The highest BCUT2D eigenvalue weighted by atomic mass is 35.5. The van der Waals surface area contributed by atoms with Crippen molar-refractivity contribution in [3.8, 4) is 0 Å². The molecule has 0 heterocycles. The van der Waals surface area contributed by atoms with Crippen molar-refractivity contribution in [1.82, 2.24) is 5.32 Å². The third-order valence-electron chi connectivity index (χ3n) is 3.50. The first kappa shape index (κ1) is 15.5. The zero-order valence-corrected chi connectivity index (χ0v) is 12.9. The van der Waals surface area contributed by atoms with Crippen molar-refractivity contribution in [3.63, 3.8) is 0 Å². The van der Waals surface area contributed by atoms with Crippen LogP contribution in [0.2, 0.25) is 5.02 Å². The number of benzene rings is 2. The predicted octanol–water partition coefficient (Wildman–Crippen LogP) is 3.62. The van der Waals surface area contributed by atoms with Crippen LogP contribution in [0.15, 0.2) is 42.5 Å². The van der Waals surface area contributed by atoms with Crippen molar-refractivity contribution in [1.29, 1.82) is 0 Å². The minimum Gasteiger partial charge on any atom is -0.349 e. The van der Waals surface area contributed by atoms with Crippen LogP contribution in [0.1, 0.15) is 33.6 Å². The molecule has 2 aromatic carbocycles. The second-order valence-corrected chi connectivity index (χ2v) is 5.78. The third kappa shape index (κ3) is 3.68. The molecule has 1 aliphatic rings. The Morgan fingerprint density at radius 3 is 2.48 bits per heavy atom. The summed E-state index contributed by atoms with van der Waals surface area (Å²) in [4.78, 5) is 24.2. The van der Waals surface area contributed by atoms with E-state index in [4.69, 9.17) is 11.6 Å². The number of carbonyl (C=O) groups excluding carboxylic acids is 2. The smallest absolute Gasteiger partial charge is 0.258 e. The van der Waals surface area contributed by atoms with E-state index in [0.717, 1.165) is 12.8 Å². The predicted molar refractivity (Wildman–Crippen MR) is 86.3 cm³/mol. The van der Waals surface area contributed by atoms with Crippen molar-refractivity contribution in [2.45, 2.75) is 18.9 Å². The summed E-state index contributed by atoms with van der Waals surface area (Å²) in [5, 5.41) is 5.71. The summed E-state index contributed by atoms with van der Waals surface area (Å²) >= 11 is 6.04. The lowest BCUT2D eigenvalue weighted by molar-refractivity contribution is 0.0949. The Kier molecular flexibility index (Phi) is 4.30. The maximum Gasteiger partial charge on any atom is 0.258 e. The number of hydrogen-bond acceptors (Lipinski definition) is 2. The number of amides is 2. The van der Waals surface area contributed by atoms with Crippen LogP contribution in [0.5, 0.6) is 0 Å².